The van der Waals surface area contributed by atoms with Crippen molar-refractivity contribution in [1.29, 1.82) is 0 Å². The molecule has 1 aromatic heterocycles. The smallest absolute Gasteiger partial charge is 0.134 e. The van der Waals surface area contributed by atoms with Crippen LogP contribution in [0.5, 0.6) is 0 Å². The van der Waals surface area contributed by atoms with E-state index in [4.69, 9.17) is 0 Å². The average molecular weight is 290 g/mol. The summed E-state index contributed by atoms with van der Waals surface area (Å²) >= 11 is 0. The second-order valence-corrected chi connectivity index (χ2v) is 6.80. The van der Waals surface area contributed by atoms with E-state index in [0.29, 0.717) is 11.5 Å². The van der Waals surface area contributed by atoms with Gasteiger partial charge in [-0.25, -0.2) is 9.97 Å². The first kappa shape index (κ1) is 16.1. The molecule has 1 unspecified atom stereocenters. The van der Waals surface area contributed by atoms with Gasteiger partial charge in [-0.3, -0.25) is 0 Å². The van der Waals surface area contributed by atoms with Crippen molar-refractivity contribution in [1.82, 2.24) is 9.97 Å². The SMILES string of the molecule is CCCNc1ncnc(NC2CCCC2(C)C)c1CCC. The van der Waals surface area contributed by atoms with Crippen molar-refractivity contribution in [3.05, 3.63) is 11.9 Å². The molecule has 21 heavy (non-hydrogen) atoms. The highest BCUT2D eigenvalue weighted by Crippen LogP contribution is 2.39. The number of hydrogen-bond donors (Lipinski definition) is 2. The van der Waals surface area contributed by atoms with Crippen molar-refractivity contribution >= 4 is 11.6 Å². The molecule has 0 bridgehead atoms. The Kier molecular flexibility index (Phi) is 5.43. The predicted octanol–water partition coefficient (Wildman–Crippen LogP) is 4.24. The van der Waals surface area contributed by atoms with Crippen LogP contribution in [-0.4, -0.2) is 22.6 Å². The Labute approximate surface area is 129 Å². The number of rotatable bonds is 7. The van der Waals surface area contributed by atoms with Gasteiger partial charge in [-0.15, -0.1) is 0 Å². The molecule has 0 radical (unpaired) electrons. The third-order valence-electron chi connectivity index (χ3n) is 4.56. The Balaban J connectivity index is 2.21. The van der Waals surface area contributed by atoms with Crippen LogP contribution in [0.15, 0.2) is 6.33 Å². The van der Waals surface area contributed by atoms with Crippen molar-refractivity contribution in [3.8, 4) is 0 Å². The summed E-state index contributed by atoms with van der Waals surface area (Å²) in [6.45, 7) is 10.1. The van der Waals surface area contributed by atoms with E-state index in [-0.39, 0.29) is 0 Å². The molecule has 2 N–H and O–H groups in total. The molecule has 118 valence electrons. The van der Waals surface area contributed by atoms with Crippen LogP contribution in [0, 0.1) is 5.41 Å². The van der Waals surface area contributed by atoms with Gasteiger partial charge in [0.1, 0.15) is 18.0 Å². The molecule has 4 heteroatoms. The van der Waals surface area contributed by atoms with Crippen molar-refractivity contribution in [2.24, 2.45) is 5.41 Å². The van der Waals surface area contributed by atoms with Gasteiger partial charge >= 0.3 is 0 Å². The summed E-state index contributed by atoms with van der Waals surface area (Å²) in [6, 6.07) is 0.516. The molecule has 1 heterocycles. The number of nitrogens with zero attached hydrogens (tertiary/aromatic N) is 2. The standard InChI is InChI=1S/C17H30N4/c1-5-8-13-15(18-11-6-2)19-12-20-16(13)21-14-9-7-10-17(14,3)4/h12,14H,5-11H2,1-4H3,(H2,18,19,20,21). The van der Waals surface area contributed by atoms with Gasteiger partial charge in [-0.1, -0.05) is 40.5 Å². The van der Waals surface area contributed by atoms with Gasteiger partial charge in [-0.05, 0) is 31.1 Å². The Morgan fingerprint density at radius 3 is 2.57 bits per heavy atom. The summed E-state index contributed by atoms with van der Waals surface area (Å²) in [6.07, 6.45) is 8.74. The van der Waals surface area contributed by atoms with Crippen LogP contribution in [-0.2, 0) is 6.42 Å². The Bertz CT molecular complexity index is 456. The van der Waals surface area contributed by atoms with Gasteiger partial charge in [-0.2, -0.15) is 0 Å². The Morgan fingerprint density at radius 2 is 1.95 bits per heavy atom. The van der Waals surface area contributed by atoms with Crippen LogP contribution >= 0.6 is 0 Å². The fourth-order valence-electron chi connectivity index (χ4n) is 3.18. The van der Waals surface area contributed by atoms with Crippen LogP contribution in [0.2, 0.25) is 0 Å². The lowest BCUT2D eigenvalue weighted by Gasteiger charge is -2.29. The Morgan fingerprint density at radius 1 is 1.19 bits per heavy atom. The summed E-state index contributed by atoms with van der Waals surface area (Å²) in [5.74, 6) is 2.04. The maximum atomic E-state index is 4.53. The topological polar surface area (TPSA) is 49.8 Å². The molecule has 0 aromatic carbocycles. The minimum Gasteiger partial charge on any atom is -0.370 e. The zero-order valence-corrected chi connectivity index (χ0v) is 14.0. The lowest BCUT2D eigenvalue weighted by molar-refractivity contribution is 0.349. The molecule has 1 atom stereocenters. The predicted molar refractivity (Wildman–Crippen MR) is 89.9 cm³/mol. The van der Waals surface area contributed by atoms with Gasteiger partial charge in [0.15, 0.2) is 0 Å². The van der Waals surface area contributed by atoms with Crippen LogP contribution < -0.4 is 10.6 Å². The van der Waals surface area contributed by atoms with Gasteiger partial charge in [0, 0.05) is 18.2 Å². The first-order chi connectivity index (χ1) is 10.1. The van der Waals surface area contributed by atoms with E-state index >= 15 is 0 Å². The monoisotopic (exact) mass is 290 g/mol. The van der Waals surface area contributed by atoms with Crippen LogP contribution in [0.1, 0.15) is 65.4 Å². The quantitative estimate of drug-likeness (QED) is 0.788. The minimum atomic E-state index is 0.353. The van der Waals surface area contributed by atoms with Gasteiger partial charge < -0.3 is 10.6 Å². The molecular formula is C17H30N4. The molecule has 4 nitrogen and oxygen atoms in total. The third-order valence-corrected chi connectivity index (χ3v) is 4.56. The number of aromatic nitrogens is 2. The minimum absolute atomic E-state index is 0.353. The van der Waals surface area contributed by atoms with Crippen LogP contribution in [0.25, 0.3) is 0 Å². The van der Waals surface area contributed by atoms with E-state index in [1.165, 1.54) is 24.8 Å². The lowest BCUT2D eigenvalue weighted by atomic mass is 9.87. The highest BCUT2D eigenvalue weighted by molar-refractivity contribution is 5.58. The molecule has 1 saturated carbocycles. The molecule has 2 rings (SSSR count). The normalized spacial score (nSPS) is 20.5. The van der Waals surface area contributed by atoms with Crippen LogP contribution in [0.4, 0.5) is 11.6 Å². The van der Waals surface area contributed by atoms with Crippen molar-refractivity contribution in [3.63, 3.8) is 0 Å². The maximum Gasteiger partial charge on any atom is 0.134 e. The highest BCUT2D eigenvalue weighted by atomic mass is 15.1. The fourth-order valence-corrected chi connectivity index (χ4v) is 3.18. The maximum absolute atomic E-state index is 4.53. The summed E-state index contributed by atoms with van der Waals surface area (Å²) < 4.78 is 0. The molecule has 0 amide bonds. The van der Waals surface area contributed by atoms with E-state index in [2.05, 4.69) is 48.3 Å². The zero-order chi connectivity index (χ0) is 15.3. The largest absolute Gasteiger partial charge is 0.370 e. The summed E-state index contributed by atoms with van der Waals surface area (Å²) in [4.78, 5) is 8.98. The summed E-state index contributed by atoms with van der Waals surface area (Å²) in [5, 5.41) is 7.15. The first-order valence-corrected chi connectivity index (χ1v) is 8.42. The third kappa shape index (κ3) is 3.86. The van der Waals surface area contributed by atoms with E-state index < -0.39 is 0 Å². The molecule has 1 aromatic rings. The molecule has 1 aliphatic carbocycles. The van der Waals surface area contributed by atoms with Crippen molar-refractivity contribution in [2.45, 2.75) is 72.3 Å². The Hall–Kier alpha value is -1.32. The second kappa shape index (κ2) is 7.10. The second-order valence-electron chi connectivity index (χ2n) is 6.80. The molecule has 1 aliphatic rings. The fraction of sp³-hybridized carbons (Fsp3) is 0.765. The summed E-state index contributed by atoms with van der Waals surface area (Å²) in [5.41, 5.74) is 1.60. The van der Waals surface area contributed by atoms with Gasteiger partial charge in [0.05, 0.1) is 0 Å². The van der Waals surface area contributed by atoms with Gasteiger partial charge in [0.25, 0.3) is 0 Å². The van der Waals surface area contributed by atoms with E-state index in [1.54, 1.807) is 6.33 Å². The molecule has 0 spiro atoms. The zero-order valence-electron chi connectivity index (χ0n) is 14.0. The molecule has 0 saturated heterocycles. The first-order valence-electron chi connectivity index (χ1n) is 8.42. The molecular weight excluding hydrogens is 260 g/mol. The van der Waals surface area contributed by atoms with Crippen LogP contribution in [0.3, 0.4) is 0 Å². The van der Waals surface area contributed by atoms with Crippen molar-refractivity contribution in [2.75, 3.05) is 17.2 Å². The van der Waals surface area contributed by atoms with Gasteiger partial charge in [0.2, 0.25) is 0 Å². The molecule has 0 aliphatic heterocycles. The van der Waals surface area contributed by atoms with E-state index in [0.717, 1.165) is 37.4 Å². The average Bonchev–Trinajstić information content (AvgIpc) is 2.78. The molecule has 1 fully saturated rings. The number of anilines is 2. The van der Waals surface area contributed by atoms with Crippen molar-refractivity contribution < 1.29 is 0 Å². The van der Waals surface area contributed by atoms with E-state index in [9.17, 15) is 0 Å². The van der Waals surface area contributed by atoms with E-state index in [1.807, 2.05) is 0 Å². The lowest BCUT2D eigenvalue weighted by Crippen LogP contribution is -2.31. The number of hydrogen-bond acceptors (Lipinski definition) is 4. The highest BCUT2D eigenvalue weighted by Gasteiger charge is 2.35. The number of nitrogens with one attached hydrogen (secondary N) is 2. The summed E-state index contributed by atoms with van der Waals surface area (Å²) in [7, 11) is 0.